The van der Waals surface area contributed by atoms with E-state index in [0.29, 0.717) is 53.3 Å². The molecule has 0 aliphatic carbocycles. The van der Waals surface area contributed by atoms with E-state index in [4.69, 9.17) is 25.8 Å². The van der Waals surface area contributed by atoms with Crippen LogP contribution in [0.4, 0.5) is 11.4 Å². The number of halogens is 1. The van der Waals surface area contributed by atoms with E-state index in [2.05, 4.69) is 5.32 Å². The van der Waals surface area contributed by atoms with Crippen LogP contribution in [0, 0.1) is 0 Å². The Bertz CT molecular complexity index is 1030. The Labute approximate surface area is 180 Å². The van der Waals surface area contributed by atoms with Crippen LogP contribution in [0.25, 0.3) is 0 Å². The summed E-state index contributed by atoms with van der Waals surface area (Å²) in [7, 11) is -2.03. The van der Waals surface area contributed by atoms with Crippen LogP contribution in [-0.2, 0) is 14.8 Å². The van der Waals surface area contributed by atoms with Crippen molar-refractivity contribution in [2.24, 2.45) is 0 Å². The van der Waals surface area contributed by atoms with Crippen molar-refractivity contribution in [1.29, 1.82) is 0 Å². The van der Waals surface area contributed by atoms with Gasteiger partial charge in [0.15, 0.2) is 11.5 Å². The third-order valence-corrected chi connectivity index (χ3v) is 5.90. The monoisotopic (exact) mass is 454 g/mol. The van der Waals surface area contributed by atoms with Crippen molar-refractivity contribution in [3.63, 3.8) is 0 Å². The molecule has 1 aliphatic rings. The van der Waals surface area contributed by atoms with Crippen LogP contribution in [0.5, 0.6) is 17.2 Å². The van der Waals surface area contributed by atoms with Gasteiger partial charge in [0.25, 0.3) is 0 Å². The molecule has 1 aliphatic heterocycles. The second kappa shape index (κ2) is 9.44. The average Bonchev–Trinajstić information content (AvgIpc) is 2.70. The SMILES string of the molecule is COc1ccc(NC(=O)CCCN(c2ccc3c(c2)OCCO3)S(C)(=O)=O)cc1Cl. The Balaban J connectivity index is 1.61. The smallest absolute Gasteiger partial charge is 0.232 e. The second-order valence-corrected chi connectivity index (χ2v) is 8.98. The zero-order chi connectivity index (χ0) is 21.7. The van der Waals surface area contributed by atoms with Crippen LogP contribution >= 0.6 is 11.6 Å². The molecule has 1 N–H and O–H groups in total. The minimum absolute atomic E-state index is 0.139. The molecule has 3 rings (SSSR count). The summed E-state index contributed by atoms with van der Waals surface area (Å²) in [5, 5.41) is 3.13. The molecular weight excluding hydrogens is 432 g/mol. The summed E-state index contributed by atoms with van der Waals surface area (Å²) < 4.78 is 41.9. The van der Waals surface area contributed by atoms with Crippen molar-refractivity contribution in [3.05, 3.63) is 41.4 Å². The number of nitrogens with zero attached hydrogens (tertiary/aromatic N) is 1. The van der Waals surface area contributed by atoms with Crippen molar-refractivity contribution < 1.29 is 27.4 Å². The molecule has 0 saturated heterocycles. The van der Waals surface area contributed by atoms with Gasteiger partial charge in [-0.2, -0.15) is 0 Å². The lowest BCUT2D eigenvalue weighted by Crippen LogP contribution is -2.31. The van der Waals surface area contributed by atoms with E-state index in [-0.39, 0.29) is 18.9 Å². The number of fused-ring (bicyclic) bond motifs is 1. The summed E-state index contributed by atoms with van der Waals surface area (Å²) >= 11 is 6.06. The van der Waals surface area contributed by atoms with Crippen molar-refractivity contribution in [2.75, 3.05) is 42.7 Å². The number of amides is 1. The van der Waals surface area contributed by atoms with Gasteiger partial charge in [-0.15, -0.1) is 0 Å². The summed E-state index contributed by atoms with van der Waals surface area (Å²) in [5.41, 5.74) is 1.00. The van der Waals surface area contributed by atoms with Crippen LogP contribution in [-0.4, -0.2) is 47.4 Å². The Morgan fingerprint density at radius 2 is 1.90 bits per heavy atom. The van der Waals surface area contributed by atoms with Crippen molar-refractivity contribution in [2.45, 2.75) is 12.8 Å². The first-order valence-corrected chi connectivity index (χ1v) is 11.5. The molecule has 10 heteroatoms. The average molecular weight is 455 g/mol. The Hall–Kier alpha value is -2.65. The van der Waals surface area contributed by atoms with Gasteiger partial charge >= 0.3 is 0 Å². The molecule has 0 bridgehead atoms. The maximum Gasteiger partial charge on any atom is 0.232 e. The minimum Gasteiger partial charge on any atom is -0.495 e. The molecule has 0 aromatic heterocycles. The highest BCUT2D eigenvalue weighted by Gasteiger charge is 2.21. The lowest BCUT2D eigenvalue weighted by atomic mass is 10.2. The number of sulfonamides is 1. The maximum absolute atomic E-state index is 12.3. The summed E-state index contributed by atoms with van der Waals surface area (Å²) in [5.74, 6) is 1.35. The van der Waals surface area contributed by atoms with Crippen LogP contribution in [0.15, 0.2) is 36.4 Å². The molecule has 0 saturated carbocycles. The van der Waals surface area contributed by atoms with Crippen molar-refractivity contribution >= 4 is 38.9 Å². The number of rotatable bonds is 8. The van der Waals surface area contributed by atoms with Gasteiger partial charge in [0.05, 0.1) is 24.1 Å². The van der Waals surface area contributed by atoms with Gasteiger partial charge < -0.3 is 19.5 Å². The number of methoxy groups -OCH3 is 1. The van der Waals surface area contributed by atoms with Gasteiger partial charge in [-0.3, -0.25) is 9.10 Å². The number of benzene rings is 2. The highest BCUT2D eigenvalue weighted by molar-refractivity contribution is 7.92. The Morgan fingerprint density at radius 3 is 2.57 bits per heavy atom. The molecule has 0 unspecified atom stereocenters. The van der Waals surface area contributed by atoms with E-state index in [9.17, 15) is 13.2 Å². The molecule has 8 nitrogen and oxygen atoms in total. The number of hydrogen-bond donors (Lipinski definition) is 1. The number of anilines is 2. The Kier molecular flexibility index (Phi) is 6.94. The van der Waals surface area contributed by atoms with Crippen molar-refractivity contribution in [3.8, 4) is 17.2 Å². The zero-order valence-electron chi connectivity index (χ0n) is 16.7. The topological polar surface area (TPSA) is 94.2 Å². The zero-order valence-corrected chi connectivity index (χ0v) is 18.3. The molecule has 1 heterocycles. The molecule has 1 amide bonds. The maximum atomic E-state index is 12.3. The summed E-state index contributed by atoms with van der Waals surface area (Å²) in [6, 6.07) is 9.91. The van der Waals surface area contributed by atoms with Gasteiger partial charge in [-0.1, -0.05) is 11.6 Å². The Morgan fingerprint density at radius 1 is 1.17 bits per heavy atom. The molecular formula is C20H23ClN2O6S. The molecule has 0 fully saturated rings. The number of carbonyl (C=O) groups is 1. The van der Waals surface area contributed by atoms with Crippen LogP contribution < -0.4 is 23.8 Å². The second-order valence-electron chi connectivity index (χ2n) is 6.66. The van der Waals surface area contributed by atoms with E-state index >= 15 is 0 Å². The van der Waals surface area contributed by atoms with Gasteiger partial charge in [-0.25, -0.2) is 8.42 Å². The third kappa shape index (κ3) is 5.48. The molecule has 0 spiro atoms. The highest BCUT2D eigenvalue weighted by Crippen LogP contribution is 2.34. The lowest BCUT2D eigenvalue weighted by molar-refractivity contribution is -0.116. The van der Waals surface area contributed by atoms with Gasteiger partial charge in [0, 0.05) is 24.7 Å². The standard InChI is InChI=1S/C20H23ClN2O6S/c1-27-17-7-5-14(12-16(17)21)22-20(24)4-3-9-23(30(2,25)26)15-6-8-18-19(13-15)29-11-10-28-18/h5-8,12-13H,3-4,9-11H2,1-2H3,(H,22,24). The van der Waals surface area contributed by atoms with E-state index in [1.165, 1.54) is 11.4 Å². The molecule has 30 heavy (non-hydrogen) atoms. The fourth-order valence-electron chi connectivity index (χ4n) is 3.02. The van der Waals surface area contributed by atoms with Crippen molar-refractivity contribution in [1.82, 2.24) is 0 Å². The van der Waals surface area contributed by atoms with Crippen LogP contribution in [0.3, 0.4) is 0 Å². The lowest BCUT2D eigenvalue weighted by Gasteiger charge is -2.25. The van der Waals surface area contributed by atoms with Crippen LogP contribution in [0.1, 0.15) is 12.8 Å². The fraction of sp³-hybridized carbons (Fsp3) is 0.350. The molecule has 2 aromatic carbocycles. The minimum atomic E-state index is -3.54. The number of hydrogen-bond acceptors (Lipinski definition) is 6. The number of carbonyl (C=O) groups excluding carboxylic acids is 1. The van der Waals surface area contributed by atoms with E-state index in [1.807, 2.05) is 0 Å². The molecule has 162 valence electrons. The molecule has 0 atom stereocenters. The largest absolute Gasteiger partial charge is 0.495 e. The first-order chi connectivity index (χ1) is 14.3. The highest BCUT2D eigenvalue weighted by atomic mass is 35.5. The van der Waals surface area contributed by atoms with Gasteiger partial charge in [0.1, 0.15) is 19.0 Å². The third-order valence-electron chi connectivity index (χ3n) is 4.41. The van der Waals surface area contributed by atoms with E-state index in [0.717, 1.165) is 6.26 Å². The quantitative estimate of drug-likeness (QED) is 0.657. The summed E-state index contributed by atoms with van der Waals surface area (Å²) in [6.45, 7) is 1.01. The molecule has 0 radical (unpaired) electrons. The first kappa shape index (κ1) is 22.0. The number of ether oxygens (including phenoxy) is 3. The number of nitrogens with one attached hydrogen (secondary N) is 1. The van der Waals surface area contributed by atoms with Crippen LogP contribution in [0.2, 0.25) is 5.02 Å². The fourth-order valence-corrected chi connectivity index (χ4v) is 4.24. The van der Waals surface area contributed by atoms with E-state index < -0.39 is 10.0 Å². The molecule has 2 aromatic rings. The first-order valence-electron chi connectivity index (χ1n) is 9.28. The predicted octanol–water partition coefficient (Wildman–Crippen LogP) is 3.30. The summed E-state index contributed by atoms with van der Waals surface area (Å²) in [4.78, 5) is 12.2. The summed E-state index contributed by atoms with van der Waals surface area (Å²) in [6.07, 6.45) is 1.60. The van der Waals surface area contributed by atoms with Gasteiger partial charge in [0.2, 0.25) is 15.9 Å². The normalized spacial score (nSPS) is 12.9. The van der Waals surface area contributed by atoms with Gasteiger partial charge in [-0.05, 0) is 36.8 Å². The van der Waals surface area contributed by atoms with E-state index in [1.54, 1.807) is 36.4 Å². The predicted molar refractivity (Wildman–Crippen MR) is 115 cm³/mol.